The van der Waals surface area contributed by atoms with Gasteiger partial charge in [0.1, 0.15) is 12.1 Å². The van der Waals surface area contributed by atoms with Gasteiger partial charge in [0.05, 0.1) is 25.2 Å². The number of aliphatic carboxylic acids is 1. The number of benzene rings is 2. The van der Waals surface area contributed by atoms with Crippen LogP contribution in [0, 0.1) is 5.92 Å². The molecule has 3 aliphatic rings. The van der Waals surface area contributed by atoms with Crippen molar-refractivity contribution in [2.24, 2.45) is 5.92 Å². The van der Waals surface area contributed by atoms with Crippen LogP contribution < -0.4 is 5.32 Å². The molecule has 1 aliphatic carbocycles. The highest BCUT2D eigenvalue weighted by atomic mass is 16.5. The largest absolute Gasteiger partial charge is 0.480 e. The molecule has 8 heteroatoms. The number of carboxylic acids is 1. The smallest absolute Gasteiger partial charge is 0.407 e. The SMILES string of the molecule is C[C@]1(C(=O)O)CCCN1C(=O)C1COCC1NC(=O)OCC1c2ccccc2-c2ccccc21. The second-order valence-electron chi connectivity index (χ2n) is 9.39. The minimum Gasteiger partial charge on any atom is -0.480 e. The summed E-state index contributed by atoms with van der Waals surface area (Å²) in [6.07, 6.45) is 0.427. The van der Waals surface area contributed by atoms with Crippen LogP contribution in [0.5, 0.6) is 0 Å². The molecule has 2 amide bonds. The van der Waals surface area contributed by atoms with Gasteiger partial charge in [-0.05, 0) is 42.0 Å². The first kappa shape index (κ1) is 22.4. The first-order chi connectivity index (χ1) is 16.4. The Morgan fingerprint density at radius 1 is 1.09 bits per heavy atom. The van der Waals surface area contributed by atoms with Crippen LogP contribution in [0.4, 0.5) is 4.79 Å². The highest BCUT2D eigenvalue weighted by Gasteiger charge is 2.49. The molecule has 5 rings (SSSR count). The zero-order chi connectivity index (χ0) is 23.9. The Labute approximate surface area is 197 Å². The van der Waals surface area contributed by atoms with Gasteiger partial charge in [0.2, 0.25) is 5.91 Å². The Morgan fingerprint density at radius 3 is 2.38 bits per heavy atom. The third-order valence-electron chi connectivity index (χ3n) is 7.41. The average molecular weight is 465 g/mol. The molecule has 178 valence electrons. The van der Waals surface area contributed by atoms with Gasteiger partial charge >= 0.3 is 12.1 Å². The first-order valence-corrected chi connectivity index (χ1v) is 11.6. The molecule has 3 atom stereocenters. The van der Waals surface area contributed by atoms with Crippen molar-refractivity contribution in [3.8, 4) is 11.1 Å². The number of rotatable bonds is 5. The van der Waals surface area contributed by atoms with E-state index in [-0.39, 0.29) is 31.6 Å². The van der Waals surface area contributed by atoms with Crippen LogP contribution in [0.2, 0.25) is 0 Å². The number of nitrogens with one attached hydrogen (secondary N) is 1. The van der Waals surface area contributed by atoms with Gasteiger partial charge in [0, 0.05) is 12.5 Å². The molecule has 0 radical (unpaired) electrons. The summed E-state index contributed by atoms with van der Waals surface area (Å²) >= 11 is 0. The molecule has 2 saturated heterocycles. The van der Waals surface area contributed by atoms with Gasteiger partial charge in [-0.25, -0.2) is 9.59 Å². The van der Waals surface area contributed by atoms with Crippen LogP contribution >= 0.6 is 0 Å². The van der Waals surface area contributed by atoms with E-state index in [9.17, 15) is 19.5 Å². The molecular formula is C26H28N2O6. The summed E-state index contributed by atoms with van der Waals surface area (Å²) in [4.78, 5) is 39.1. The second-order valence-corrected chi connectivity index (χ2v) is 9.39. The molecule has 2 aromatic carbocycles. The number of likely N-dealkylation sites (tertiary alicyclic amines) is 1. The lowest BCUT2D eigenvalue weighted by Crippen LogP contribution is -2.55. The maximum absolute atomic E-state index is 13.2. The van der Waals surface area contributed by atoms with E-state index < -0.39 is 29.6 Å². The summed E-state index contributed by atoms with van der Waals surface area (Å²) in [6.45, 7) is 2.45. The Hall–Kier alpha value is -3.39. The second kappa shape index (κ2) is 8.76. The van der Waals surface area contributed by atoms with E-state index in [0.29, 0.717) is 19.4 Å². The van der Waals surface area contributed by atoms with Crippen LogP contribution in [0.15, 0.2) is 48.5 Å². The highest BCUT2D eigenvalue weighted by molar-refractivity contribution is 5.89. The Kier molecular flexibility index (Phi) is 5.77. The summed E-state index contributed by atoms with van der Waals surface area (Å²) in [6, 6.07) is 15.6. The van der Waals surface area contributed by atoms with Crippen molar-refractivity contribution in [1.82, 2.24) is 10.2 Å². The van der Waals surface area contributed by atoms with Gasteiger partial charge in [0.15, 0.2) is 0 Å². The van der Waals surface area contributed by atoms with Crippen molar-refractivity contribution in [2.45, 2.75) is 37.3 Å². The minimum atomic E-state index is -1.23. The predicted molar refractivity (Wildman–Crippen MR) is 123 cm³/mol. The van der Waals surface area contributed by atoms with Crippen molar-refractivity contribution in [1.29, 1.82) is 0 Å². The van der Waals surface area contributed by atoms with Crippen molar-refractivity contribution in [2.75, 3.05) is 26.4 Å². The van der Waals surface area contributed by atoms with Gasteiger partial charge in [-0.1, -0.05) is 48.5 Å². The van der Waals surface area contributed by atoms with Crippen LogP contribution in [-0.2, 0) is 19.1 Å². The fraction of sp³-hybridized carbons (Fsp3) is 0.423. The van der Waals surface area contributed by atoms with E-state index in [0.717, 1.165) is 22.3 Å². The molecule has 0 bridgehead atoms. The van der Waals surface area contributed by atoms with E-state index >= 15 is 0 Å². The minimum absolute atomic E-state index is 0.0590. The quantitative estimate of drug-likeness (QED) is 0.705. The number of ether oxygens (including phenoxy) is 2. The number of hydrogen-bond acceptors (Lipinski definition) is 5. The number of fused-ring (bicyclic) bond motifs is 3. The standard InChI is InChI=1S/C26H28N2O6/c1-26(24(30)31)11-6-12-28(26)23(29)21-13-33-15-22(21)27-25(32)34-14-20-18-9-4-2-7-16(18)17-8-3-5-10-19(17)20/h2-5,7-10,20-22H,6,11-15H2,1H3,(H,27,32)(H,30,31)/t21?,22?,26-/m1/s1. The van der Waals surface area contributed by atoms with Crippen LogP contribution in [0.3, 0.4) is 0 Å². The van der Waals surface area contributed by atoms with E-state index in [1.54, 1.807) is 6.92 Å². The van der Waals surface area contributed by atoms with Crippen LogP contribution in [-0.4, -0.2) is 65.9 Å². The predicted octanol–water partition coefficient (Wildman–Crippen LogP) is 3.01. The van der Waals surface area contributed by atoms with Crippen molar-refractivity contribution in [3.63, 3.8) is 0 Å². The monoisotopic (exact) mass is 464 g/mol. The fourth-order valence-electron chi connectivity index (χ4n) is 5.47. The number of amides is 2. The first-order valence-electron chi connectivity index (χ1n) is 11.6. The third kappa shape index (κ3) is 3.72. The molecule has 34 heavy (non-hydrogen) atoms. The maximum Gasteiger partial charge on any atom is 0.407 e. The summed E-state index contributed by atoms with van der Waals surface area (Å²) in [5.41, 5.74) is 3.31. The number of carboxylic acid groups (broad SMARTS) is 1. The van der Waals surface area contributed by atoms with Crippen LogP contribution in [0.1, 0.15) is 36.8 Å². The van der Waals surface area contributed by atoms with Gasteiger partial charge in [-0.2, -0.15) is 0 Å². The number of nitrogens with zero attached hydrogens (tertiary/aromatic N) is 1. The number of carbonyl (C=O) groups excluding carboxylic acids is 2. The van der Waals surface area contributed by atoms with Gasteiger partial charge in [-0.3, -0.25) is 4.79 Å². The van der Waals surface area contributed by atoms with Crippen molar-refractivity contribution < 1.29 is 29.0 Å². The van der Waals surface area contributed by atoms with E-state index in [1.165, 1.54) is 4.90 Å². The molecule has 2 fully saturated rings. The maximum atomic E-state index is 13.2. The summed E-state index contributed by atoms with van der Waals surface area (Å²) in [5, 5.41) is 12.4. The lowest BCUT2D eigenvalue weighted by atomic mass is 9.95. The topological polar surface area (TPSA) is 105 Å². The van der Waals surface area contributed by atoms with Gasteiger partial charge in [-0.15, -0.1) is 0 Å². The number of carbonyl (C=O) groups is 3. The molecule has 0 aromatic heterocycles. The zero-order valence-electron chi connectivity index (χ0n) is 19.0. The van der Waals surface area contributed by atoms with Crippen molar-refractivity contribution >= 4 is 18.0 Å². The van der Waals surface area contributed by atoms with Crippen molar-refractivity contribution in [3.05, 3.63) is 59.7 Å². The highest BCUT2D eigenvalue weighted by Crippen LogP contribution is 2.44. The Bertz CT molecular complexity index is 1090. The fourth-order valence-corrected chi connectivity index (χ4v) is 5.47. The Morgan fingerprint density at radius 2 is 1.74 bits per heavy atom. The molecule has 2 N–H and O–H groups in total. The van der Waals surface area contributed by atoms with E-state index in [2.05, 4.69) is 29.6 Å². The number of hydrogen-bond donors (Lipinski definition) is 2. The van der Waals surface area contributed by atoms with Crippen LogP contribution in [0.25, 0.3) is 11.1 Å². The molecule has 2 aromatic rings. The summed E-state index contributed by atoms with van der Waals surface area (Å²) < 4.78 is 11.1. The summed E-state index contributed by atoms with van der Waals surface area (Å²) in [5.74, 6) is -2.02. The lowest BCUT2D eigenvalue weighted by molar-refractivity contribution is -0.157. The van der Waals surface area contributed by atoms with E-state index in [4.69, 9.17) is 9.47 Å². The Balaban J connectivity index is 1.24. The molecule has 2 unspecified atom stereocenters. The molecule has 0 saturated carbocycles. The molecular weight excluding hydrogens is 436 g/mol. The molecule has 8 nitrogen and oxygen atoms in total. The number of alkyl carbamates (subject to hydrolysis) is 1. The molecule has 2 aliphatic heterocycles. The molecule has 2 heterocycles. The lowest BCUT2D eigenvalue weighted by Gasteiger charge is -2.34. The molecule has 0 spiro atoms. The van der Waals surface area contributed by atoms with E-state index in [1.807, 2.05) is 24.3 Å². The third-order valence-corrected chi connectivity index (χ3v) is 7.41. The summed E-state index contributed by atoms with van der Waals surface area (Å²) in [7, 11) is 0. The van der Waals surface area contributed by atoms with Gasteiger partial charge in [0.25, 0.3) is 0 Å². The normalized spacial score (nSPS) is 25.6. The zero-order valence-corrected chi connectivity index (χ0v) is 19.0. The average Bonchev–Trinajstić information content (AvgIpc) is 3.54. The van der Waals surface area contributed by atoms with Gasteiger partial charge < -0.3 is 24.8 Å².